The van der Waals surface area contributed by atoms with Crippen LogP contribution in [0.3, 0.4) is 0 Å². The van der Waals surface area contributed by atoms with Gasteiger partial charge >= 0.3 is 0 Å². The van der Waals surface area contributed by atoms with Crippen molar-refractivity contribution in [1.29, 1.82) is 0 Å². The summed E-state index contributed by atoms with van der Waals surface area (Å²) in [6, 6.07) is 0.500. The average Bonchev–Trinajstić information content (AvgIpc) is 2.35. The van der Waals surface area contributed by atoms with Gasteiger partial charge in [-0.3, -0.25) is 4.79 Å². The van der Waals surface area contributed by atoms with E-state index < -0.39 is 0 Å². The van der Waals surface area contributed by atoms with Gasteiger partial charge in [-0.15, -0.1) is 0 Å². The van der Waals surface area contributed by atoms with Gasteiger partial charge in [-0.05, 0) is 44.7 Å². The summed E-state index contributed by atoms with van der Waals surface area (Å²) in [6.45, 7) is 5.27. The first-order valence-corrected chi connectivity index (χ1v) is 7.81. The molecule has 1 aliphatic heterocycles. The van der Waals surface area contributed by atoms with Crippen molar-refractivity contribution >= 4 is 5.91 Å². The Morgan fingerprint density at radius 3 is 2.50 bits per heavy atom. The van der Waals surface area contributed by atoms with E-state index in [1.54, 1.807) is 0 Å². The summed E-state index contributed by atoms with van der Waals surface area (Å²) in [5.74, 6) is 1.26. The van der Waals surface area contributed by atoms with Gasteiger partial charge in [0, 0.05) is 19.0 Å². The number of rotatable bonds is 6. The van der Waals surface area contributed by atoms with Gasteiger partial charge in [-0.1, -0.05) is 26.2 Å². The predicted molar refractivity (Wildman–Crippen MR) is 74.5 cm³/mol. The van der Waals surface area contributed by atoms with Crippen molar-refractivity contribution in [3.05, 3.63) is 0 Å². The van der Waals surface area contributed by atoms with Gasteiger partial charge in [-0.2, -0.15) is 0 Å². The molecule has 3 nitrogen and oxygen atoms in total. The summed E-state index contributed by atoms with van der Waals surface area (Å²) < 4.78 is 0. The van der Waals surface area contributed by atoms with Crippen LogP contribution >= 0.6 is 0 Å². The van der Waals surface area contributed by atoms with E-state index in [0.29, 0.717) is 11.9 Å². The quantitative estimate of drug-likeness (QED) is 0.788. The molecule has 2 aliphatic rings. The molecule has 1 N–H and O–H groups in total. The molecule has 0 spiro atoms. The van der Waals surface area contributed by atoms with Crippen LogP contribution in [0, 0.1) is 5.92 Å². The van der Waals surface area contributed by atoms with Crippen LogP contribution in [0.1, 0.15) is 58.3 Å². The lowest BCUT2D eigenvalue weighted by molar-refractivity contribution is -0.134. The number of hydrogen-bond acceptors (Lipinski definition) is 2. The van der Waals surface area contributed by atoms with Crippen molar-refractivity contribution in [3.63, 3.8) is 0 Å². The molecule has 3 heteroatoms. The minimum atomic E-state index is 0.413. The van der Waals surface area contributed by atoms with Gasteiger partial charge in [-0.25, -0.2) is 0 Å². The Morgan fingerprint density at radius 2 is 1.94 bits per heavy atom. The normalized spacial score (nSPS) is 21.6. The minimum absolute atomic E-state index is 0.413. The molecule has 0 aromatic rings. The Labute approximate surface area is 111 Å². The Balaban J connectivity index is 1.80. The third-order valence-electron chi connectivity index (χ3n) is 4.53. The topological polar surface area (TPSA) is 32.3 Å². The molecule has 2 fully saturated rings. The molecule has 1 saturated carbocycles. The Bertz CT molecular complexity index is 257. The van der Waals surface area contributed by atoms with E-state index in [1.807, 2.05) is 0 Å². The van der Waals surface area contributed by atoms with E-state index in [1.165, 1.54) is 19.3 Å². The fourth-order valence-electron chi connectivity index (χ4n) is 3.12. The standard InChI is InChI=1S/C15H28N2O/c1-2-12-17(14-8-10-16-11-9-14)15(18)7-6-13-4-3-5-13/h13-14,16H,2-12H2,1H3. The zero-order chi connectivity index (χ0) is 12.8. The first kappa shape index (κ1) is 13.9. The second kappa shape index (κ2) is 7.13. The van der Waals surface area contributed by atoms with Gasteiger partial charge in [0.1, 0.15) is 0 Å². The van der Waals surface area contributed by atoms with Crippen LogP contribution in [-0.2, 0) is 4.79 Å². The van der Waals surface area contributed by atoms with Crippen LogP contribution in [0.15, 0.2) is 0 Å². The number of piperidine rings is 1. The third-order valence-corrected chi connectivity index (χ3v) is 4.53. The zero-order valence-electron chi connectivity index (χ0n) is 11.8. The largest absolute Gasteiger partial charge is 0.340 e. The smallest absolute Gasteiger partial charge is 0.222 e. The lowest BCUT2D eigenvalue weighted by Gasteiger charge is -2.35. The maximum atomic E-state index is 12.4. The monoisotopic (exact) mass is 252 g/mol. The number of carbonyl (C=O) groups is 1. The van der Waals surface area contributed by atoms with Crippen LogP contribution in [0.5, 0.6) is 0 Å². The molecule has 2 rings (SSSR count). The summed E-state index contributed by atoms with van der Waals surface area (Å²) in [7, 11) is 0. The molecule has 1 amide bonds. The van der Waals surface area contributed by atoms with E-state index >= 15 is 0 Å². The molecule has 0 aromatic carbocycles. The Morgan fingerprint density at radius 1 is 1.22 bits per heavy atom. The van der Waals surface area contributed by atoms with Gasteiger partial charge in [0.2, 0.25) is 5.91 Å². The zero-order valence-corrected chi connectivity index (χ0v) is 11.8. The van der Waals surface area contributed by atoms with E-state index in [2.05, 4.69) is 17.1 Å². The Kier molecular flexibility index (Phi) is 5.48. The van der Waals surface area contributed by atoms with E-state index in [0.717, 1.165) is 57.7 Å². The Hall–Kier alpha value is -0.570. The van der Waals surface area contributed by atoms with Crippen LogP contribution in [-0.4, -0.2) is 36.5 Å². The maximum Gasteiger partial charge on any atom is 0.222 e. The summed E-state index contributed by atoms with van der Waals surface area (Å²) in [6.07, 6.45) is 9.36. The average molecular weight is 252 g/mol. The van der Waals surface area contributed by atoms with Crippen molar-refractivity contribution in [1.82, 2.24) is 10.2 Å². The molecule has 0 unspecified atom stereocenters. The molecule has 0 bridgehead atoms. The highest BCUT2D eigenvalue weighted by Gasteiger charge is 2.26. The van der Waals surface area contributed by atoms with Crippen LogP contribution < -0.4 is 5.32 Å². The SMILES string of the molecule is CCCN(C(=O)CCC1CCC1)C1CCNCC1. The fourth-order valence-corrected chi connectivity index (χ4v) is 3.12. The molecule has 0 atom stereocenters. The van der Waals surface area contributed by atoms with Gasteiger partial charge < -0.3 is 10.2 Å². The second-order valence-electron chi connectivity index (χ2n) is 5.90. The highest BCUT2D eigenvalue weighted by molar-refractivity contribution is 5.76. The molecule has 104 valence electrons. The third kappa shape index (κ3) is 3.71. The number of amides is 1. The van der Waals surface area contributed by atoms with Crippen LogP contribution in [0.25, 0.3) is 0 Å². The number of hydrogen-bond donors (Lipinski definition) is 1. The van der Waals surface area contributed by atoms with Crippen molar-refractivity contribution in [2.75, 3.05) is 19.6 Å². The van der Waals surface area contributed by atoms with E-state index in [9.17, 15) is 4.79 Å². The lowest BCUT2D eigenvalue weighted by atomic mass is 9.82. The van der Waals surface area contributed by atoms with Crippen molar-refractivity contribution in [2.24, 2.45) is 5.92 Å². The summed E-state index contributed by atoms with van der Waals surface area (Å²) in [5.41, 5.74) is 0. The first-order chi connectivity index (χ1) is 8.81. The molecule has 18 heavy (non-hydrogen) atoms. The molecule has 1 heterocycles. The molecular formula is C15H28N2O. The van der Waals surface area contributed by atoms with Crippen LogP contribution in [0.4, 0.5) is 0 Å². The molecule has 0 aromatic heterocycles. The summed E-state index contributed by atoms with van der Waals surface area (Å²) in [4.78, 5) is 14.6. The first-order valence-electron chi connectivity index (χ1n) is 7.81. The van der Waals surface area contributed by atoms with Crippen molar-refractivity contribution in [3.8, 4) is 0 Å². The number of nitrogens with one attached hydrogen (secondary N) is 1. The fraction of sp³-hybridized carbons (Fsp3) is 0.933. The highest BCUT2D eigenvalue weighted by atomic mass is 16.2. The maximum absolute atomic E-state index is 12.4. The van der Waals surface area contributed by atoms with E-state index in [-0.39, 0.29) is 0 Å². The summed E-state index contributed by atoms with van der Waals surface area (Å²) in [5, 5.41) is 3.38. The van der Waals surface area contributed by atoms with Gasteiger partial charge in [0.05, 0.1) is 0 Å². The highest BCUT2D eigenvalue weighted by Crippen LogP contribution is 2.30. The second-order valence-corrected chi connectivity index (χ2v) is 5.90. The molecule has 0 radical (unpaired) electrons. The molecule has 1 saturated heterocycles. The lowest BCUT2D eigenvalue weighted by Crippen LogP contribution is -2.46. The van der Waals surface area contributed by atoms with Gasteiger partial charge in [0.25, 0.3) is 0 Å². The van der Waals surface area contributed by atoms with Crippen molar-refractivity contribution < 1.29 is 4.79 Å². The molecular weight excluding hydrogens is 224 g/mol. The van der Waals surface area contributed by atoms with Crippen LogP contribution in [0.2, 0.25) is 0 Å². The summed E-state index contributed by atoms with van der Waals surface area (Å²) >= 11 is 0. The molecule has 1 aliphatic carbocycles. The van der Waals surface area contributed by atoms with Gasteiger partial charge in [0.15, 0.2) is 0 Å². The number of carbonyl (C=O) groups excluding carboxylic acids is 1. The predicted octanol–water partition coefficient (Wildman–Crippen LogP) is 2.56. The minimum Gasteiger partial charge on any atom is -0.340 e. The van der Waals surface area contributed by atoms with E-state index in [4.69, 9.17) is 0 Å². The van der Waals surface area contributed by atoms with Crippen molar-refractivity contribution in [2.45, 2.75) is 64.3 Å². The number of nitrogens with zero attached hydrogens (tertiary/aromatic N) is 1.